The van der Waals surface area contributed by atoms with E-state index in [2.05, 4.69) is 25.3 Å². The van der Waals surface area contributed by atoms with Crippen LogP contribution in [0.2, 0.25) is 0 Å². The van der Waals surface area contributed by atoms with E-state index in [1.807, 2.05) is 6.07 Å². The van der Waals surface area contributed by atoms with Gasteiger partial charge < -0.3 is 16.0 Å². The minimum atomic E-state index is -1.10. The van der Waals surface area contributed by atoms with Crippen molar-refractivity contribution in [1.29, 1.82) is 0 Å². The van der Waals surface area contributed by atoms with Crippen LogP contribution in [-0.4, -0.2) is 25.7 Å². The zero-order valence-electron chi connectivity index (χ0n) is 14.4. The van der Waals surface area contributed by atoms with Crippen LogP contribution in [0.15, 0.2) is 49.2 Å². The number of anilines is 2. The van der Waals surface area contributed by atoms with Gasteiger partial charge in [0.05, 0.1) is 22.2 Å². The highest BCUT2D eigenvalue weighted by Gasteiger charge is 2.25. The molecule has 0 aliphatic heterocycles. The SMILES string of the molecule is Nc1ccc(F)c(C(=O)c2c[nH]c3ncnc(NCc4cccnc4)c23)c1F. The van der Waals surface area contributed by atoms with Gasteiger partial charge in [-0.1, -0.05) is 6.07 Å². The van der Waals surface area contributed by atoms with E-state index in [0.29, 0.717) is 23.4 Å². The highest BCUT2D eigenvalue weighted by atomic mass is 19.1. The average Bonchev–Trinajstić information content (AvgIpc) is 3.15. The normalized spacial score (nSPS) is 10.9. The van der Waals surface area contributed by atoms with Crippen molar-refractivity contribution in [2.24, 2.45) is 0 Å². The molecule has 0 unspecified atom stereocenters. The van der Waals surface area contributed by atoms with Crippen molar-refractivity contribution < 1.29 is 13.6 Å². The van der Waals surface area contributed by atoms with E-state index >= 15 is 0 Å². The van der Waals surface area contributed by atoms with Crippen LogP contribution in [0.5, 0.6) is 0 Å². The number of nitrogens with zero attached hydrogens (tertiary/aromatic N) is 3. The number of carbonyl (C=O) groups excluding carboxylic acids is 1. The minimum Gasteiger partial charge on any atom is -0.396 e. The van der Waals surface area contributed by atoms with Crippen molar-refractivity contribution in [2.75, 3.05) is 11.1 Å². The van der Waals surface area contributed by atoms with Crippen LogP contribution in [0.25, 0.3) is 11.0 Å². The summed E-state index contributed by atoms with van der Waals surface area (Å²) >= 11 is 0. The molecule has 0 aliphatic rings. The van der Waals surface area contributed by atoms with E-state index in [1.165, 1.54) is 12.5 Å². The smallest absolute Gasteiger partial charge is 0.201 e. The molecule has 4 aromatic rings. The van der Waals surface area contributed by atoms with Crippen molar-refractivity contribution >= 4 is 28.3 Å². The van der Waals surface area contributed by atoms with Crippen molar-refractivity contribution in [1.82, 2.24) is 19.9 Å². The lowest BCUT2D eigenvalue weighted by molar-refractivity contribution is 0.103. The fourth-order valence-electron chi connectivity index (χ4n) is 2.88. The highest BCUT2D eigenvalue weighted by Crippen LogP contribution is 2.28. The van der Waals surface area contributed by atoms with Crippen LogP contribution in [0, 0.1) is 11.6 Å². The maximum Gasteiger partial charge on any atom is 0.201 e. The number of benzene rings is 1. The Labute approximate surface area is 157 Å². The number of rotatable bonds is 5. The average molecular weight is 380 g/mol. The molecule has 7 nitrogen and oxygen atoms in total. The Balaban J connectivity index is 1.77. The summed E-state index contributed by atoms with van der Waals surface area (Å²) in [7, 11) is 0. The molecule has 28 heavy (non-hydrogen) atoms. The predicted molar refractivity (Wildman–Crippen MR) is 99.7 cm³/mol. The molecule has 0 aliphatic carbocycles. The first-order chi connectivity index (χ1) is 13.6. The summed E-state index contributed by atoms with van der Waals surface area (Å²) in [5, 5.41) is 3.43. The topological polar surface area (TPSA) is 110 Å². The number of halogens is 2. The van der Waals surface area contributed by atoms with Crippen molar-refractivity contribution in [3.63, 3.8) is 0 Å². The zero-order valence-corrected chi connectivity index (χ0v) is 14.4. The maximum absolute atomic E-state index is 14.3. The second kappa shape index (κ2) is 7.03. The number of H-pyrrole nitrogens is 1. The fraction of sp³-hybridized carbons (Fsp3) is 0.0526. The monoisotopic (exact) mass is 380 g/mol. The molecule has 0 amide bonds. The molecule has 4 N–H and O–H groups in total. The quantitative estimate of drug-likeness (QED) is 0.363. The fourth-order valence-corrected chi connectivity index (χ4v) is 2.88. The molecule has 0 spiro atoms. The first kappa shape index (κ1) is 17.5. The third kappa shape index (κ3) is 3.02. The Morgan fingerprint density at radius 1 is 1.21 bits per heavy atom. The van der Waals surface area contributed by atoms with E-state index in [-0.39, 0.29) is 11.3 Å². The summed E-state index contributed by atoms with van der Waals surface area (Å²) in [5.41, 5.74) is 5.75. The van der Waals surface area contributed by atoms with Gasteiger partial charge in [0, 0.05) is 25.1 Å². The lowest BCUT2D eigenvalue weighted by atomic mass is 10.0. The van der Waals surface area contributed by atoms with Crippen LogP contribution in [0.1, 0.15) is 21.5 Å². The van der Waals surface area contributed by atoms with Crippen LogP contribution in [-0.2, 0) is 6.54 Å². The van der Waals surface area contributed by atoms with E-state index in [1.54, 1.807) is 18.5 Å². The molecule has 4 rings (SSSR count). The number of hydrogen-bond donors (Lipinski definition) is 3. The van der Waals surface area contributed by atoms with Crippen LogP contribution in [0.4, 0.5) is 20.3 Å². The minimum absolute atomic E-state index is 0.0349. The van der Waals surface area contributed by atoms with Crippen LogP contribution in [0.3, 0.4) is 0 Å². The largest absolute Gasteiger partial charge is 0.396 e. The lowest BCUT2D eigenvalue weighted by Gasteiger charge is -2.09. The molecular formula is C19H14F2N6O. The van der Waals surface area contributed by atoms with Gasteiger partial charge in [-0.15, -0.1) is 0 Å². The molecule has 0 saturated heterocycles. The number of nitrogens with one attached hydrogen (secondary N) is 2. The first-order valence-electron chi connectivity index (χ1n) is 8.29. The molecule has 1 aromatic carbocycles. The first-order valence-corrected chi connectivity index (χ1v) is 8.29. The third-order valence-electron chi connectivity index (χ3n) is 4.25. The number of hydrogen-bond acceptors (Lipinski definition) is 6. The highest BCUT2D eigenvalue weighted by molar-refractivity contribution is 6.18. The Kier molecular flexibility index (Phi) is 4.40. The number of aromatic nitrogens is 4. The second-order valence-electron chi connectivity index (χ2n) is 6.02. The van der Waals surface area contributed by atoms with Gasteiger partial charge in [-0.25, -0.2) is 18.7 Å². The summed E-state index contributed by atoms with van der Waals surface area (Å²) in [4.78, 5) is 28.0. The molecule has 0 saturated carbocycles. The van der Waals surface area contributed by atoms with Crippen LogP contribution >= 0.6 is 0 Å². The van der Waals surface area contributed by atoms with E-state index in [0.717, 1.165) is 17.7 Å². The number of carbonyl (C=O) groups is 1. The van der Waals surface area contributed by atoms with Gasteiger partial charge in [0.2, 0.25) is 5.78 Å². The molecule has 0 bridgehead atoms. The number of nitrogen functional groups attached to an aromatic ring is 1. The molecule has 0 fully saturated rings. The molecular weight excluding hydrogens is 366 g/mol. The summed E-state index contributed by atoms with van der Waals surface area (Å²) in [6.45, 7) is 0.389. The van der Waals surface area contributed by atoms with E-state index in [9.17, 15) is 13.6 Å². The molecule has 140 valence electrons. The van der Waals surface area contributed by atoms with Gasteiger partial charge in [0.15, 0.2) is 5.82 Å². The number of nitrogens with two attached hydrogens (primary N) is 1. The second-order valence-corrected chi connectivity index (χ2v) is 6.02. The van der Waals surface area contributed by atoms with Gasteiger partial charge >= 0.3 is 0 Å². The van der Waals surface area contributed by atoms with Gasteiger partial charge in [-0.3, -0.25) is 9.78 Å². The number of fused-ring (bicyclic) bond motifs is 1. The summed E-state index contributed by atoms with van der Waals surface area (Å²) in [6, 6.07) is 5.70. The zero-order chi connectivity index (χ0) is 19.7. The maximum atomic E-state index is 14.3. The van der Waals surface area contributed by atoms with Crippen molar-refractivity contribution in [2.45, 2.75) is 6.54 Å². The Bertz CT molecular complexity index is 1180. The Morgan fingerprint density at radius 3 is 2.86 bits per heavy atom. The predicted octanol–water partition coefficient (Wildman–Crippen LogP) is 3.06. The standard InChI is InChI=1S/C19H14F2N6O/c20-12-3-4-13(22)16(21)15(12)17(28)11-8-25-19-14(11)18(26-9-27-19)24-7-10-2-1-5-23-6-10/h1-6,8-9H,7,22H2,(H2,24,25,26,27). The van der Waals surface area contributed by atoms with Crippen molar-refractivity contribution in [3.05, 3.63) is 77.5 Å². The Hall–Kier alpha value is -3.88. The molecule has 0 atom stereocenters. The van der Waals surface area contributed by atoms with Gasteiger partial charge in [0.1, 0.15) is 23.6 Å². The molecule has 0 radical (unpaired) electrons. The van der Waals surface area contributed by atoms with Gasteiger partial charge in [0.25, 0.3) is 0 Å². The summed E-state index contributed by atoms with van der Waals surface area (Å²) < 4.78 is 28.5. The summed E-state index contributed by atoms with van der Waals surface area (Å²) in [5.74, 6) is -2.59. The van der Waals surface area contributed by atoms with E-state index in [4.69, 9.17) is 5.73 Å². The van der Waals surface area contributed by atoms with E-state index < -0.39 is 23.0 Å². The Morgan fingerprint density at radius 2 is 2.07 bits per heavy atom. The number of aromatic amines is 1. The molecule has 3 heterocycles. The molecule has 9 heteroatoms. The van der Waals surface area contributed by atoms with Crippen LogP contribution < -0.4 is 11.1 Å². The number of pyridine rings is 1. The van der Waals surface area contributed by atoms with Crippen molar-refractivity contribution in [3.8, 4) is 0 Å². The number of ketones is 1. The third-order valence-corrected chi connectivity index (χ3v) is 4.25. The van der Waals surface area contributed by atoms with Gasteiger partial charge in [-0.05, 0) is 23.8 Å². The summed E-state index contributed by atoms with van der Waals surface area (Å²) in [6.07, 6.45) is 6.01. The lowest BCUT2D eigenvalue weighted by Crippen LogP contribution is -2.10. The van der Waals surface area contributed by atoms with Gasteiger partial charge in [-0.2, -0.15) is 0 Å². The molecule has 3 aromatic heterocycles.